The molecule has 0 saturated carbocycles. The number of hydrogen-bond donors (Lipinski definition) is 2. The van der Waals surface area contributed by atoms with E-state index in [1.807, 2.05) is 55.5 Å². The Morgan fingerprint density at radius 3 is 2.52 bits per heavy atom. The zero-order valence-electron chi connectivity index (χ0n) is 14.5. The molecule has 2 rings (SSSR count). The molecule has 5 nitrogen and oxygen atoms in total. The number of amides is 1. The second kappa shape index (κ2) is 8.87. The van der Waals surface area contributed by atoms with Crippen LogP contribution in [0.4, 0.5) is 0 Å². The molecule has 0 saturated heterocycles. The number of methoxy groups -OCH3 is 1. The molecule has 25 heavy (non-hydrogen) atoms. The number of carboxylic acids is 1. The van der Waals surface area contributed by atoms with Gasteiger partial charge < -0.3 is 15.2 Å². The number of aryl methyl sites for hydroxylation is 1. The van der Waals surface area contributed by atoms with Gasteiger partial charge >= 0.3 is 5.97 Å². The quantitative estimate of drug-likeness (QED) is 0.773. The van der Waals surface area contributed by atoms with Crippen LogP contribution in [-0.4, -0.2) is 24.1 Å². The van der Waals surface area contributed by atoms with Crippen molar-refractivity contribution in [2.24, 2.45) is 0 Å². The Balaban J connectivity index is 2.07. The summed E-state index contributed by atoms with van der Waals surface area (Å²) in [6.07, 6.45) is 0.563. The maximum atomic E-state index is 12.4. The predicted molar refractivity (Wildman–Crippen MR) is 95.6 cm³/mol. The van der Waals surface area contributed by atoms with E-state index in [0.717, 1.165) is 22.4 Å². The number of rotatable bonds is 8. The van der Waals surface area contributed by atoms with Crippen LogP contribution in [0.3, 0.4) is 0 Å². The Hall–Kier alpha value is -2.82. The molecule has 0 radical (unpaired) electrons. The van der Waals surface area contributed by atoms with Crippen LogP contribution in [0.25, 0.3) is 0 Å². The lowest BCUT2D eigenvalue weighted by Crippen LogP contribution is -2.30. The van der Waals surface area contributed by atoms with Gasteiger partial charge in [0.25, 0.3) is 0 Å². The van der Waals surface area contributed by atoms with Crippen molar-refractivity contribution < 1.29 is 19.4 Å². The highest BCUT2D eigenvalue weighted by molar-refractivity contribution is 5.79. The van der Waals surface area contributed by atoms with E-state index in [1.165, 1.54) is 0 Å². The molecule has 0 fully saturated rings. The number of benzene rings is 2. The Kier molecular flexibility index (Phi) is 6.57. The zero-order valence-corrected chi connectivity index (χ0v) is 14.5. The van der Waals surface area contributed by atoms with Gasteiger partial charge in [-0.05, 0) is 36.1 Å². The largest absolute Gasteiger partial charge is 0.496 e. The fourth-order valence-electron chi connectivity index (χ4n) is 2.68. The van der Waals surface area contributed by atoms with E-state index in [4.69, 9.17) is 9.84 Å². The summed E-state index contributed by atoms with van der Waals surface area (Å²) in [5, 5.41) is 11.9. The highest BCUT2D eigenvalue weighted by atomic mass is 16.5. The van der Waals surface area contributed by atoms with Gasteiger partial charge in [-0.3, -0.25) is 9.59 Å². The number of ether oxygens (including phenoxy) is 1. The third kappa shape index (κ3) is 5.64. The van der Waals surface area contributed by atoms with Crippen LogP contribution >= 0.6 is 0 Å². The monoisotopic (exact) mass is 341 g/mol. The molecule has 132 valence electrons. The van der Waals surface area contributed by atoms with Crippen LogP contribution < -0.4 is 10.1 Å². The summed E-state index contributed by atoms with van der Waals surface area (Å²) in [5.74, 6) is -0.278. The standard InChI is InChI=1S/C20H23NO4/c1-14-8-9-15(12-18(14)25-2)13-19(22)21-17(10-11-20(23)24)16-6-4-3-5-7-16/h3-9,12,17H,10-11,13H2,1-2H3,(H,21,22)(H,23,24). The third-order valence-electron chi connectivity index (χ3n) is 4.02. The van der Waals surface area contributed by atoms with Crippen LogP contribution in [0.1, 0.15) is 35.6 Å². The average molecular weight is 341 g/mol. The van der Waals surface area contributed by atoms with Gasteiger partial charge in [0.15, 0.2) is 0 Å². The van der Waals surface area contributed by atoms with Crippen LogP contribution in [-0.2, 0) is 16.0 Å². The fraction of sp³-hybridized carbons (Fsp3) is 0.300. The molecule has 5 heteroatoms. The van der Waals surface area contributed by atoms with Crippen molar-refractivity contribution in [3.8, 4) is 5.75 Å². The van der Waals surface area contributed by atoms with Gasteiger partial charge in [0.1, 0.15) is 5.75 Å². The first-order valence-corrected chi connectivity index (χ1v) is 8.19. The molecule has 1 amide bonds. The number of carbonyl (C=O) groups is 2. The molecule has 0 aliphatic heterocycles. The molecular formula is C20H23NO4. The van der Waals surface area contributed by atoms with E-state index in [0.29, 0.717) is 6.42 Å². The van der Waals surface area contributed by atoms with Gasteiger partial charge in [0.05, 0.1) is 19.6 Å². The van der Waals surface area contributed by atoms with Gasteiger partial charge in [-0.1, -0.05) is 42.5 Å². The Bertz CT molecular complexity index is 728. The number of nitrogens with one attached hydrogen (secondary N) is 1. The number of carboxylic acid groups (broad SMARTS) is 1. The van der Waals surface area contributed by atoms with Crippen molar-refractivity contribution in [1.29, 1.82) is 0 Å². The van der Waals surface area contributed by atoms with Crippen LogP contribution in [0.15, 0.2) is 48.5 Å². The molecular weight excluding hydrogens is 318 g/mol. The second-order valence-corrected chi connectivity index (χ2v) is 5.94. The van der Waals surface area contributed by atoms with Crippen LogP contribution in [0.2, 0.25) is 0 Å². The second-order valence-electron chi connectivity index (χ2n) is 5.94. The van der Waals surface area contributed by atoms with Gasteiger partial charge in [0.2, 0.25) is 5.91 Å². The molecule has 2 aromatic rings. The first kappa shape index (κ1) is 18.5. The molecule has 2 aromatic carbocycles. The van der Waals surface area contributed by atoms with Crippen molar-refractivity contribution in [1.82, 2.24) is 5.32 Å². The average Bonchev–Trinajstić information content (AvgIpc) is 2.60. The van der Waals surface area contributed by atoms with E-state index in [1.54, 1.807) is 7.11 Å². The lowest BCUT2D eigenvalue weighted by atomic mass is 10.0. The fourth-order valence-corrected chi connectivity index (χ4v) is 2.68. The summed E-state index contributed by atoms with van der Waals surface area (Å²) in [6, 6.07) is 14.8. The predicted octanol–water partition coefficient (Wildman–Crippen LogP) is 3.27. The van der Waals surface area contributed by atoms with Crippen molar-refractivity contribution in [3.63, 3.8) is 0 Å². The Morgan fingerprint density at radius 1 is 1.16 bits per heavy atom. The topological polar surface area (TPSA) is 75.6 Å². The summed E-state index contributed by atoms with van der Waals surface area (Å²) in [4.78, 5) is 23.3. The Labute approximate surface area is 147 Å². The van der Waals surface area contributed by atoms with Crippen LogP contribution in [0, 0.1) is 6.92 Å². The van der Waals surface area contributed by atoms with Crippen LogP contribution in [0.5, 0.6) is 5.75 Å². The maximum absolute atomic E-state index is 12.4. The van der Waals surface area contributed by atoms with E-state index in [2.05, 4.69) is 5.32 Å². The van der Waals surface area contributed by atoms with Gasteiger partial charge in [-0.25, -0.2) is 0 Å². The zero-order chi connectivity index (χ0) is 18.2. The summed E-state index contributed by atoms with van der Waals surface area (Å²) in [7, 11) is 1.60. The minimum atomic E-state index is -0.876. The lowest BCUT2D eigenvalue weighted by Gasteiger charge is -2.19. The van der Waals surface area contributed by atoms with E-state index >= 15 is 0 Å². The van der Waals surface area contributed by atoms with Crippen molar-refractivity contribution in [3.05, 3.63) is 65.2 Å². The molecule has 0 aromatic heterocycles. The normalized spacial score (nSPS) is 11.6. The van der Waals surface area contributed by atoms with Gasteiger partial charge in [-0.2, -0.15) is 0 Å². The molecule has 2 N–H and O–H groups in total. The van der Waals surface area contributed by atoms with Gasteiger partial charge in [-0.15, -0.1) is 0 Å². The van der Waals surface area contributed by atoms with Crippen molar-refractivity contribution in [2.75, 3.05) is 7.11 Å². The minimum absolute atomic E-state index is 0.00179. The smallest absolute Gasteiger partial charge is 0.303 e. The number of hydrogen-bond acceptors (Lipinski definition) is 3. The Morgan fingerprint density at radius 2 is 1.88 bits per heavy atom. The highest BCUT2D eigenvalue weighted by Crippen LogP contribution is 2.21. The first-order chi connectivity index (χ1) is 12.0. The highest BCUT2D eigenvalue weighted by Gasteiger charge is 2.16. The van der Waals surface area contributed by atoms with Gasteiger partial charge in [0, 0.05) is 6.42 Å². The maximum Gasteiger partial charge on any atom is 0.303 e. The minimum Gasteiger partial charge on any atom is -0.496 e. The summed E-state index contributed by atoms with van der Waals surface area (Å²) in [5.41, 5.74) is 2.76. The molecule has 0 bridgehead atoms. The molecule has 0 aliphatic rings. The van der Waals surface area contributed by atoms with E-state index in [-0.39, 0.29) is 24.8 Å². The number of carbonyl (C=O) groups excluding carboxylic acids is 1. The summed E-state index contributed by atoms with van der Waals surface area (Å²) in [6.45, 7) is 1.94. The molecule has 0 spiro atoms. The molecule has 1 unspecified atom stereocenters. The first-order valence-electron chi connectivity index (χ1n) is 8.19. The third-order valence-corrected chi connectivity index (χ3v) is 4.02. The molecule has 1 atom stereocenters. The molecule has 0 aliphatic carbocycles. The summed E-state index contributed by atoms with van der Waals surface area (Å²) >= 11 is 0. The summed E-state index contributed by atoms with van der Waals surface area (Å²) < 4.78 is 5.29. The van der Waals surface area contributed by atoms with E-state index < -0.39 is 5.97 Å². The lowest BCUT2D eigenvalue weighted by molar-refractivity contribution is -0.137. The van der Waals surface area contributed by atoms with E-state index in [9.17, 15) is 9.59 Å². The van der Waals surface area contributed by atoms with Crippen molar-refractivity contribution >= 4 is 11.9 Å². The SMILES string of the molecule is COc1cc(CC(=O)NC(CCC(=O)O)c2ccccc2)ccc1C. The van der Waals surface area contributed by atoms with Crippen molar-refractivity contribution in [2.45, 2.75) is 32.2 Å². The number of aliphatic carboxylic acids is 1. The molecule has 0 heterocycles.